The summed E-state index contributed by atoms with van der Waals surface area (Å²) < 4.78 is 0. The maximum Gasteiger partial charge on any atom is 0.276 e. The van der Waals surface area contributed by atoms with Gasteiger partial charge in [-0.1, -0.05) is 0 Å². The topological polar surface area (TPSA) is 95.8 Å². The highest BCUT2D eigenvalue weighted by Crippen LogP contribution is 2.18. The molecule has 0 radical (unpaired) electrons. The fourth-order valence-corrected chi connectivity index (χ4v) is 2.16. The molecule has 0 saturated carbocycles. The van der Waals surface area contributed by atoms with Crippen LogP contribution < -0.4 is 21.9 Å². The van der Waals surface area contributed by atoms with Gasteiger partial charge in [0.15, 0.2) is 5.82 Å². The SMILES string of the molecule is CC(Nc1nc[nH]c(=O)c1N)C1CCCNC1. The zero-order chi connectivity index (χ0) is 12.3. The van der Waals surface area contributed by atoms with Crippen molar-refractivity contribution in [2.75, 3.05) is 24.1 Å². The smallest absolute Gasteiger partial charge is 0.276 e. The predicted octanol–water partition coefficient (Wildman–Crippen LogP) is 0.152. The Balaban J connectivity index is 2.04. The molecule has 0 bridgehead atoms. The number of nitrogens with one attached hydrogen (secondary N) is 3. The van der Waals surface area contributed by atoms with Crippen LogP contribution in [0.25, 0.3) is 0 Å². The molecule has 17 heavy (non-hydrogen) atoms. The van der Waals surface area contributed by atoms with E-state index in [-0.39, 0.29) is 17.3 Å². The first kappa shape index (κ1) is 11.9. The Hall–Kier alpha value is -1.56. The molecule has 1 aromatic heterocycles. The van der Waals surface area contributed by atoms with Crippen molar-refractivity contribution in [2.45, 2.75) is 25.8 Å². The minimum atomic E-state index is -0.295. The number of piperidine rings is 1. The first-order valence-electron chi connectivity index (χ1n) is 5.99. The highest BCUT2D eigenvalue weighted by molar-refractivity contribution is 5.59. The lowest BCUT2D eigenvalue weighted by molar-refractivity contribution is 0.346. The van der Waals surface area contributed by atoms with Crippen LogP contribution in [0.5, 0.6) is 0 Å². The number of nitrogens with zero attached hydrogens (tertiary/aromatic N) is 1. The average molecular weight is 237 g/mol. The van der Waals surface area contributed by atoms with Crippen molar-refractivity contribution in [1.29, 1.82) is 0 Å². The molecule has 2 heterocycles. The van der Waals surface area contributed by atoms with Gasteiger partial charge in [-0.3, -0.25) is 4.79 Å². The zero-order valence-electron chi connectivity index (χ0n) is 9.99. The molecule has 2 atom stereocenters. The summed E-state index contributed by atoms with van der Waals surface area (Å²) in [5.74, 6) is 1.02. The molecule has 94 valence electrons. The monoisotopic (exact) mass is 237 g/mol. The minimum absolute atomic E-state index is 0.156. The quantitative estimate of drug-likeness (QED) is 0.600. The second-order valence-electron chi connectivity index (χ2n) is 4.53. The number of nitrogen functional groups attached to an aromatic ring is 1. The third-order valence-corrected chi connectivity index (χ3v) is 3.30. The Bertz CT molecular complexity index is 424. The van der Waals surface area contributed by atoms with Crippen molar-refractivity contribution in [3.8, 4) is 0 Å². The molecule has 0 aromatic carbocycles. The Kier molecular flexibility index (Phi) is 3.63. The van der Waals surface area contributed by atoms with Crippen molar-refractivity contribution in [3.05, 3.63) is 16.7 Å². The van der Waals surface area contributed by atoms with E-state index in [1.54, 1.807) is 0 Å². The van der Waals surface area contributed by atoms with Crippen LogP contribution in [0.1, 0.15) is 19.8 Å². The van der Waals surface area contributed by atoms with Gasteiger partial charge in [0, 0.05) is 6.04 Å². The molecule has 0 spiro atoms. The fraction of sp³-hybridized carbons (Fsp3) is 0.636. The van der Waals surface area contributed by atoms with Gasteiger partial charge in [0.25, 0.3) is 5.56 Å². The number of hydrogen-bond donors (Lipinski definition) is 4. The van der Waals surface area contributed by atoms with E-state index in [1.165, 1.54) is 19.2 Å². The number of rotatable bonds is 3. The van der Waals surface area contributed by atoms with Crippen LogP contribution in [0.4, 0.5) is 11.5 Å². The summed E-state index contributed by atoms with van der Waals surface area (Å²) in [6, 6.07) is 0.249. The minimum Gasteiger partial charge on any atom is -0.391 e. The zero-order valence-corrected chi connectivity index (χ0v) is 9.99. The van der Waals surface area contributed by atoms with Crippen LogP contribution in [0.3, 0.4) is 0 Å². The summed E-state index contributed by atoms with van der Waals surface area (Å²) in [4.78, 5) is 17.8. The van der Waals surface area contributed by atoms with Gasteiger partial charge < -0.3 is 21.4 Å². The molecule has 1 aliphatic rings. The van der Waals surface area contributed by atoms with Gasteiger partial charge in [-0.05, 0) is 38.8 Å². The maximum atomic E-state index is 11.3. The summed E-state index contributed by atoms with van der Waals surface area (Å²) >= 11 is 0. The Morgan fingerprint density at radius 3 is 3.18 bits per heavy atom. The number of aromatic amines is 1. The van der Waals surface area contributed by atoms with Crippen molar-refractivity contribution in [3.63, 3.8) is 0 Å². The van der Waals surface area contributed by atoms with Gasteiger partial charge in [-0.25, -0.2) is 4.98 Å². The number of H-pyrrole nitrogens is 1. The lowest BCUT2D eigenvalue weighted by atomic mass is 9.93. The molecular weight excluding hydrogens is 218 g/mol. The van der Waals surface area contributed by atoms with E-state index < -0.39 is 0 Å². The standard InChI is InChI=1S/C11H19N5O/c1-7(8-3-2-4-13-5-8)16-10-9(12)11(17)15-6-14-10/h6-8,13H,2-5,12H2,1H3,(H2,14,15,16,17). The fourth-order valence-electron chi connectivity index (χ4n) is 2.16. The first-order valence-corrected chi connectivity index (χ1v) is 5.99. The molecule has 1 saturated heterocycles. The summed E-state index contributed by atoms with van der Waals surface area (Å²) in [5, 5.41) is 6.59. The van der Waals surface area contributed by atoms with E-state index in [2.05, 4.69) is 27.5 Å². The maximum absolute atomic E-state index is 11.3. The van der Waals surface area contributed by atoms with Crippen molar-refractivity contribution < 1.29 is 0 Å². The summed E-state index contributed by atoms with van der Waals surface area (Å²) in [6.45, 7) is 4.19. The highest BCUT2D eigenvalue weighted by Gasteiger charge is 2.20. The largest absolute Gasteiger partial charge is 0.391 e. The lowest BCUT2D eigenvalue weighted by Gasteiger charge is -2.29. The molecule has 2 rings (SSSR count). The number of nitrogens with two attached hydrogens (primary N) is 1. The normalized spacial score (nSPS) is 22.1. The molecule has 1 aromatic rings. The molecule has 6 nitrogen and oxygen atoms in total. The third kappa shape index (κ3) is 2.76. The van der Waals surface area contributed by atoms with E-state index in [1.807, 2.05) is 0 Å². The van der Waals surface area contributed by atoms with Gasteiger partial charge in [-0.15, -0.1) is 0 Å². The predicted molar refractivity (Wildman–Crippen MR) is 67.9 cm³/mol. The molecular formula is C11H19N5O. The molecule has 1 aliphatic heterocycles. The Labute approximate surface area is 100 Å². The highest BCUT2D eigenvalue weighted by atomic mass is 16.1. The second kappa shape index (κ2) is 5.18. The summed E-state index contributed by atoms with van der Waals surface area (Å²) in [5.41, 5.74) is 5.54. The first-order chi connectivity index (χ1) is 8.18. The number of aromatic nitrogens is 2. The van der Waals surface area contributed by atoms with Gasteiger partial charge >= 0.3 is 0 Å². The third-order valence-electron chi connectivity index (χ3n) is 3.30. The summed E-state index contributed by atoms with van der Waals surface area (Å²) in [7, 11) is 0. The molecule has 0 aliphatic carbocycles. The van der Waals surface area contributed by atoms with E-state index in [0.717, 1.165) is 13.1 Å². The Morgan fingerprint density at radius 2 is 2.47 bits per heavy atom. The van der Waals surface area contributed by atoms with Crippen LogP contribution >= 0.6 is 0 Å². The van der Waals surface area contributed by atoms with E-state index in [4.69, 9.17) is 5.73 Å². The Morgan fingerprint density at radius 1 is 1.65 bits per heavy atom. The van der Waals surface area contributed by atoms with Crippen molar-refractivity contribution in [1.82, 2.24) is 15.3 Å². The van der Waals surface area contributed by atoms with Gasteiger partial charge in [0.2, 0.25) is 0 Å². The van der Waals surface area contributed by atoms with Crippen LogP contribution in [0, 0.1) is 5.92 Å². The van der Waals surface area contributed by atoms with Crippen molar-refractivity contribution in [2.24, 2.45) is 5.92 Å². The molecule has 5 N–H and O–H groups in total. The van der Waals surface area contributed by atoms with E-state index in [9.17, 15) is 4.79 Å². The van der Waals surface area contributed by atoms with Gasteiger partial charge in [-0.2, -0.15) is 0 Å². The molecule has 1 fully saturated rings. The molecule has 2 unspecified atom stereocenters. The average Bonchev–Trinajstić information content (AvgIpc) is 2.36. The second-order valence-corrected chi connectivity index (χ2v) is 4.53. The van der Waals surface area contributed by atoms with Crippen LogP contribution in [0.2, 0.25) is 0 Å². The lowest BCUT2D eigenvalue weighted by Crippen LogP contribution is -2.39. The van der Waals surface area contributed by atoms with E-state index >= 15 is 0 Å². The van der Waals surface area contributed by atoms with Crippen LogP contribution in [0.15, 0.2) is 11.1 Å². The van der Waals surface area contributed by atoms with Crippen molar-refractivity contribution >= 4 is 11.5 Å². The van der Waals surface area contributed by atoms with Crippen LogP contribution in [-0.4, -0.2) is 29.1 Å². The molecule has 0 amide bonds. The summed E-state index contributed by atoms with van der Waals surface area (Å²) in [6.07, 6.45) is 3.74. The van der Waals surface area contributed by atoms with Crippen LogP contribution in [-0.2, 0) is 0 Å². The van der Waals surface area contributed by atoms with Gasteiger partial charge in [0.05, 0.1) is 6.33 Å². The molecule has 6 heteroatoms. The van der Waals surface area contributed by atoms with E-state index in [0.29, 0.717) is 11.7 Å². The van der Waals surface area contributed by atoms with Gasteiger partial charge in [0.1, 0.15) is 5.69 Å². The number of hydrogen-bond acceptors (Lipinski definition) is 5. The number of anilines is 2.